The molecular formula is C13H19N3O. The molecule has 1 aromatic heterocycles. The molecule has 0 saturated heterocycles. The van der Waals surface area contributed by atoms with E-state index in [-0.39, 0.29) is 0 Å². The Hall–Kier alpha value is -1.39. The number of aromatic nitrogens is 2. The molecule has 0 spiro atoms. The van der Waals surface area contributed by atoms with Crippen LogP contribution in [0.1, 0.15) is 5.82 Å². The largest absolute Gasteiger partial charge is 0.383 e. The Balaban J connectivity index is 1.97. The van der Waals surface area contributed by atoms with Crippen molar-refractivity contribution in [2.24, 2.45) is 7.05 Å². The quantitative estimate of drug-likeness (QED) is 0.766. The Morgan fingerprint density at radius 3 is 2.88 bits per heavy atom. The molecule has 0 aliphatic rings. The fraction of sp³-hybridized carbons (Fsp3) is 0.462. The number of aryl methyl sites for hydroxylation is 1. The maximum Gasteiger partial charge on any atom is 0.110 e. The third-order valence-electron chi connectivity index (χ3n) is 2.89. The van der Waals surface area contributed by atoms with E-state index >= 15 is 0 Å². The number of ether oxygens (including phenoxy) is 1. The summed E-state index contributed by atoms with van der Waals surface area (Å²) in [5.41, 5.74) is 2.27. The summed E-state index contributed by atoms with van der Waals surface area (Å²) in [5.74, 6) is 1.12. The highest BCUT2D eigenvalue weighted by Gasteiger charge is 2.05. The van der Waals surface area contributed by atoms with Gasteiger partial charge in [0.25, 0.3) is 0 Å². The van der Waals surface area contributed by atoms with Crippen molar-refractivity contribution in [3.63, 3.8) is 0 Å². The standard InChI is InChI=1S/C13H19N3O/c1-16-12-6-4-3-5-11(12)15-13(16)7-8-14-9-10-17-2/h3-6,14H,7-10H2,1-2H3. The molecule has 4 heteroatoms. The molecule has 0 fully saturated rings. The van der Waals surface area contributed by atoms with E-state index in [4.69, 9.17) is 4.74 Å². The minimum Gasteiger partial charge on any atom is -0.383 e. The number of imidazole rings is 1. The van der Waals surface area contributed by atoms with Crippen LogP contribution in [0.4, 0.5) is 0 Å². The van der Waals surface area contributed by atoms with Crippen LogP contribution in [0.3, 0.4) is 0 Å². The van der Waals surface area contributed by atoms with E-state index in [1.165, 1.54) is 5.52 Å². The predicted molar refractivity (Wildman–Crippen MR) is 69.2 cm³/mol. The van der Waals surface area contributed by atoms with Crippen molar-refractivity contribution < 1.29 is 4.74 Å². The molecule has 4 nitrogen and oxygen atoms in total. The monoisotopic (exact) mass is 233 g/mol. The average molecular weight is 233 g/mol. The zero-order chi connectivity index (χ0) is 12.1. The number of methoxy groups -OCH3 is 1. The van der Waals surface area contributed by atoms with Gasteiger partial charge in [-0.25, -0.2) is 4.98 Å². The lowest BCUT2D eigenvalue weighted by molar-refractivity contribution is 0.199. The highest BCUT2D eigenvalue weighted by atomic mass is 16.5. The molecular weight excluding hydrogens is 214 g/mol. The van der Waals surface area contributed by atoms with Crippen molar-refractivity contribution in [2.45, 2.75) is 6.42 Å². The fourth-order valence-electron chi connectivity index (χ4n) is 1.92. The lowest BCUT2D eigenvalue weighted by Gasteiger charge is -2.04. The van der Waals surface area contributed by atoms with Gasteiger partial charge in [0, 0.05) is 33.7 Å². The van der Waals surface area contributed by atoms with Crippen LogP contribution in [0.25, 0.3) is 11.0 Å². The van der Waals surface area contributed by atoms with Crippen LogP contribution in [0, 0.1) is 0 Å². The van der Waals surface area contributed by atoms with Crippen molar-refractivity contribution in [1.29, 1.82) is 0 Å². The zero-order valence-electron chi connectivity index (χ0n) is 10.4. The molecule has 1 N–H and O–H groups in total. The molecule has 17 heavy (non-hydrogen) atoms. The van der Waals surface area contributed by atoms with Crippen molar-refractivity contribution in [3.05, 3.63) is 30.1 Å². The van der Waals surface area contributed by atoms with Gasteiger partial charge < -0.3 is 14.6 Å². The minimum atomic E-state index is 0.753. The van der Waals surface area contributed by atoms with Gasteiger partial charge in [-0.05, 0) is 12.1 Å². The smallest absolute Gasteiger partial charge is 0.110 e. The number of hydrogen-bond acceptors (Lipinski definition) is 3. The highest BCUT2D eigenvalue weighted by molar-refractivity contribution is 5.75. The van der Waals surface area contributed by atoms with E-state index in [1.54, 1.807) is 7.11 Å². The summed E-state index contributed by atoms with van der Waals surface area (Å²) < 4.78 is 7.14. The van der Waals surface area contributed by atoms with Crippen LogP contribution in [0.2, 0.25) is 0 Å². The number of fused-ring (bicyclic) bond motifs is 1. The minimum absolute atomic E-state index is 0.753. The first-order valence-corrected chi connectivity index (χ1v) is 5.93. The lowest BCUT2D eigenvalue weighted by Crippen LogP contribution is -2.22. The van der Waals surface area contributed by atoms with E-state index in [2.05, 4.69) is 34.0 Å². The highest BCUT2D eigenvalue weighted by Crippen LogP contribution is 2.14. The maximum absolute atomic E-state index is 4.98. The molecule has 0 unspecified atom stereocenters. The molecule has 2 rings (SSSR count). The summed E-state index contributed by atoms with van der Waals surface area (Å²) >= 11 is 0. The molecule has 0 aliphatic carbocycles. The van der Waals surface area contributed by atoms with E-state index in [0.717, 1.165) is 37.5 Å². The van der Waals surface area contributed by atoms with Gasteiger partial charge in [-0.15, -0.1) is 0 Å². The third-order valence-corrected chi connectivity index (χ3v) is 2.89. The van der Waals surface area contributed by atoms with Gasteiger partial charge in [0.15, 0.2) is 0 Å². The summed E-state index contributed by atoms with van der Waals surface area (Å²) in [6.45, 7) is 2.57. The van der Waals surface area contributed by atoms with E-state index < -0.39 is 0 Å². The van der Waals surface area contributed by atoms with Crippen molar-refractivity contribution in [1.82, 2.24) is 14.9 Å². The topological polar surface area (TPSA) is 39.1 Å². The number of hydrogen-bond donors (Lipinski definition) is 1. The summed E-state index contributed by atoms with van der Waals surface area (Å²) in [5, 5.41) is 3.33. The second-order valence-corrected chi connectivity index (χ2v) is 4.07. The zero-order valence-corrected chi connectivity index (χ0v) is 10.4. The van der Waals surface area contributed by atoms with E-state index in [9.17, 15) is 0 Å². The molecule has 0 radical (unpaired) electrons. The SMILES string of the molecule is COCCNCCc1nc2ccccc2n1C. The van der Waals surface area contributed by atoms with Crippen molar-refractivity contribution in [2.75, 3.05) is 26.8 Å². The normalized spacial score (nSPS) is 11.2. The molecule has 0 amide bonds. The summed E-state index contributed by atoms with van der Waals surface area (Å²) in [7, 11) is 3.78. The predicted octanol–water partition coefficient (Wildman–Crippen LogP) is 1.35. The second kappa shape index (κ2) is 5.80. The van der Waals surface area contributed by atoms with Gasteiger partial charge in [0.2, 0.25) is 0 Å². The van der Waals surface area contributed by atoms with Crippen molar-refractivity contribution >= 4 is 11.0 Å². The molecule has 0 bridgehead atoms. The summed E-state index contributed by atoms with van der Waals surface area (Å²) in [6.07, 6.45) is 0.939. The van der Waals surface area contributed by atoms with E-state index in [0.29, 0.717) is 0 Å². The first-order valence-electron chi connectivity index (χ1n) is 5.93. The second-order valence-electron chi connectivity index (χ2n) is 4.07. The van der Waals surface area contributed by atoms with Crippen LogP contribution < -0.4 is 5.32 Å². The van der Waals surface area contributed by atoms with E-state index in [1.807, 2.05) is 12.1 Å². The molecule has 0 aliphatic heterocycles. The Kier molecular flexibility index (Phi) is 4.12. The van der Waals surface area contributed by atoms with Crippen LogP contribution >= 0.6 is 0 Å². The van der Waals surface area contributed by atoms with Gasteiger partial charge in [-0.2, -0.15) is 0 Å². The Bertz CT molecular complexity index is 478. The molecule has 92 valence electrons. The van der Waals surface area contributed by atoms with Gasteiger partial charge in [-0.3, -0.25) is 0 Å². The van der Waals surface area contributed by atoms with Gasteiger partial charge in [0.05, 0.1) is 17.6 Å². The number of benzene rings is 1. The molecule has 1 heterocycles. The van der Waals surface area contributed by atoms with Crippen LogP contribution in [0.5, 0.6) is 0 Å². The van der Waals surface area contributed by atoms with Crippen LogP contribution in [0.15, 0.2) is 24.3 Å². The first kappa shape index (κ1) is 12.1. The fourth-order valence-corrected chi connectivity index (χ4v) is 1.92. The molecule has 0 atom stereocenters. The Morgan fingerprint density at radius 1 is 1.29 bits per heavy atom. The van der Waals surface area contributed by atoms with Gasteiger partial charge in [-0.1, -0.05) is 12.1 Å². The summed E-state index contributed by atoms with van der Waals surface area (Å²) in [6, 6.07) is 8.22. The molecule has 0 saturated carbocycles. The Morgan fingerprint density at radius 2 is 2.12 bits per heavy atom. The van der Waals surface area contributed by atoms with Crippen molar-refractivity contribution in [3.8, 4) is 0 Å². The number of para-hydroxylation sites is 2. The molecule has 2 aromatic rings. The van der Waals surface area contributed by atoms with Crippen LogP contribution in [-0.4, -0.2) is 36.4 Å². The first-order chi connectivity index (χ1) is 8.33. The Labute approximate surface area is 102 Å². The number of rotatable bonds is 6. The number of nitrogens with zero attached hydrogens (tertiary/aromatic N) is 2. The average Bonchev–Trinajstić information content (AvgIpc) is 2.67. The lowest BCUT2D eigenvalue weighted by atomic mass is 10.3. The van der Waals surface area contributed by atoms with Gasteiger partial charge in [0.1, 0.15) is 5.82 Å². The van der Waals surface area contributed by atoms with Gasteiger partial charge >= 0.3 is 0 Å². The summed E-state index contributed by atoms with van der Waals surface area (Å²) in [4.78, 5) is 4.62. The maximum atomic E-state index is 4.98. The number of nitrogens with one attached hydrogen (secondary N) is 1. The third kappa shape index (κ3) is 2.84. The van der Waals surface area contributed by atoms with Crippen LogP contribution in [-0.2, 0) is 18.2 Å². The molecule has 1 aromatic carbocycles.